The molecule has 0 fully saturated rings. The number of likely N-dealkylation sites (N-methyl/N-ethyl adjacent to an activating group) is 1. The molecule has 0 aromatic heterocycles. The fourth-order valence-corrected chi connectivity index (χ4v) is 2.22. The van der Waals surface area contributed by atoms with Gasteiger partial charge in [-0.25, -0.2) is 4.79 Å². The van der Waals surface area contributed by atoms with E-state index in [0.717, 1.165) is 21.8 Å². The molecule has 0 saturated carbocycles. The highest BCUT2D eigenvalue weighted by atomic mass is 79.9. The van der Waals surface area contributed by atoms with Crippen molar-refractivity contribution in [2.45, 2.75) is 19.9 Å². The van der Waals surface area contributed by atoms with Crippen LogP contribution in [-0.2, 0) is 9.59 Å². The quantitative estimate of drug-likeness (QED) is 0.770. The van der Waals surface area contributed by atoms with Crippen LogP contribution < -0.4 is 10.2 Å². The molecule has 0 aliphatic rings. The number of amides is 1. The highest BCUT2D eigenvalue weighted by Crippen LogP contribution is 2.24. The first-order valence-corrected chi connectivity index (χ1v) is 7.30. The maximum absolute atomic E-state index is 11.7. The number of aliphatic carboxylic acids is 1. The monoisotopic (exact) mass is 354 g/mol. The van der Waals surface area contributed by atoms with Crippen LogP contribution in [0.1, 0.15) is 19.4 Å². The Labute approximate surface area is 132 Å². The first kappa shape index (κ1) is 17.2. The number of anilines is 1. The number of nitrogens with zero attached hydrogens (tertiary/aromatic N) is 1. The minimum atomic E-state index is -0.992. The lowest BCUT2D eigenvalue weighted by molar-refractivity contribution is -0.131. The van der Waals surface area contributed by atoms with Crippen LogP contribution in [0.15, 0.2) is 28.7 Å². The molecule has 0 spiro atoms. The van der Waals surface area contributed by atoms with Crippen LogP contribution >= 0.6 is 15.9 Å². The third-order valence-electron chi connectivity index (χ3n) is 2.66. The van der Waals surface area contributed by atoms with Gasteiger partial charge < -0.3 is 15.3 Å². The van der Waals surface area contributed by atoms with Gasteiger partial charge in [0.25, 0.3) is 0 Å². The van der Waals surface area contributed by atoms with E-state index in [1.54, 1.807) is 6.07 Å². The number of rotatable bonds is 6. The van der Waals surface area contributed by atoms with Crippen LogP contribution in [0.25, 0.3) is 6.08 Å². The third kappa shape index (κ3) is 5.99. The Bertz CT molecular complexity index is 556. The normalized spacial score (nSPS) is 10.9. The molecule has 5 nitrogen and oxygen atoms in total. The summed E-state index contributed by atoms with van der Waals surface area (Å²) in [4.78, 5) is 24.1. The molecule has 114 valence electrons. The number of carbonyl (C=O) groups is 2. The van der Waals surface area contributed by atoms with Crippen molar-refractivity contribution in [2.75, 3.05) is 18.5 Å². The number of benzene rings is 1. The van der Waals surface area contributed by atoms with Crippen LogP contribution in [-0.4, -0.2) is 36.6 Å². The second-order valence-electron chi connectivity index (χ2n) is 4.96. The van der Waals surface area contributed by atoms with Gasteiger partial charge in [-0.15, -0.1) is 0 Å². The van der Waals surface area contributed by atoms with Crippen LogP contribution in [0.2, 0.25) is 0 Å². The maximum atomic E-state index is 11.7. The Hall–Kier alpha value is -1.82. The van der Waals surface area contributed by atoms with Gasteiger partial charge in [0.1, 0.15) is 0 Å². The van der Waals surface area contributed by atoms with E-state index in [1.807, 2.05) is 37.9 Å². The number of hydrogen-bond donors (Lipinski definition) is 2. The highest BCUT2D eigenvalue weighted by molar-refractivity contribution is 9.10. The van der Waals surface area contributed by atoms with Gasteiger partial charge in [0.2, 0.25) is 5.91 Å². The molecule has 0 aliphatic heterocycles. The molecule has 0 aliphatic carbocycles. The molecule has 0 unspecified atom stereocenters. The summed E-state index contributed by atoms with van der Waals surface area (Å²) in [6.07, 6.45) is 2.60. The molecule has 1 aromatic carbocycles. The molecule has 1 amide bonds. The molecule has 0 bridgehead atoms. The molecule has 21 heavy (non-hydrogen) atoms. The molecule has 0 radical (unpaired) electrons. The van der Waals surface area contributed by atoms with E-state index in [-0.39, 0.29) is 18.5 Å². The van der Waals surface area contributed by atoms with Gasteiger partial charge in [-0.3, -0.25) is 4.79 Å². The van der Waals surface area contributed by atoms with Crippen LogP contribution in [0, 0.1) is 0 Å². The number of carboxylic acid groups (broad SMARTS) is 1. The smallest absolute Gasteiger partial charge is 0.328 e. The van der Waals surface area contributed by atoms with Gasteiger partial charge >= 0.3 is 5.97 Å². The Morgan fingerprint density at radius 1 is 1.43 bits per heavy atom. The fraction of sp³-hybridized carbons (Fsp3) is 0.333. The number of hydrogen-bond acceptors (Lipinski definition) is 3. The summed E-state index contributed by atoms with van der Waals surface area (Å²) in [5.74, 6) is -1.04. The van der Waals surface area contributed by atoms with E-state index in [2.05, 4.69) is 21.2 Å². The van der Waals surface area contributed by atoms with E-state index in [9.17, 15) is 9.59 Å². The molecule has 0 saturated heterocycles. The topological polar surface area (TPSA) is 69.6 Å². The van der Waals surface area contributed by atoms with Crippen molar-refractivity contribution in [1.82, 2.24) is 5.32 Å². The predicted molar refractivity (Wildman–Crippen MR) is 87.4 cm³/mol. The Kier molecular flexibility index (Phi) is 6.42. The Balaban J connectivity index is 2.78. The second kappa shape index (κ2) is 7.83. The minimum Gasteiger partial charge on any atom is -0.478 e. The molecule has 1 rings (SSSR count). The summed E-state index contributed by atoms with van der Waals surface area (Å²) in [7, 11) is 1.83. The largest absolute Gasteiger partial charge is 0.478 e. The molecule has 6 heteroatoms. The summed E-state index contributed by atoms with van der Waals surface area (Å²) >= 11 is 3.40. The van der Waals surface area contributed by atoms with Crippen molar-refractivity contribution >= 4 is 39.6 Å². The number of halogens is 1. The number of carbonyl (C=O) groups excluding carboxylic acids is 1. The van der Waals surface area contributed by atoms with E-state index in [0.29, 0.717) is 0 Å². The van der Waals surface area contributed by atoms with Crippen LogP contribution in [0.5, 0.6) is 0 Å². The molecule has 0 heterocycles. The zero-order chi connectivity index (χ0) is 16.0. The molecule has 0 atom stereocenters. The average Bonchev–Trinajstić information content (AvgIpc) is 2.35. The summed E-state index contributed by atoms with van der Waals surface area (Å²) in [5, 5.41) is 11.5. The first-order chi connectivity index (χ1) is 9.79. The Morgan fingerprint density at radius 3 is 2.62 bits per heavy atom. The fourth-order valence-electron chi connectivity index (χ4n) is 1.72. The second-order valence-corrected chi connectivity index (χ2v) is 5.81. The first-order valence-electron chi connectivity index (χ1n) is 6.50. The van der Waals surface area contributed by atoms with Gasteiger partial charge in [0.05, 0.1) is 6.54 Å². The van der Waals surface area contributed by atoms with E-state index < -0.39 is 5.97 Å². The van der Waals surface area contributed by atoms with Crippen molar-refractivity contribution in [2.24, 2.45) is 0 Å². The lowest BCUT2D eigenvalue weighted by Crippen LogP contribution is -2.38. The summed E-state index contributed by atoms with van der Waals surface area (Å²) < 4.78 is 0.772. The SMILES string of the molecule is CC(C)NC(=O)CN(C)c1ccc(/C=C/C(=O)O)c(Br)c1. The molecular weight excluding hydrogens is 336 g/mol. The van der Waals surface area contributed by atoms with Gasteiger partial charge in [-0.1, -0.05) is 22.0 Å². The van der Waals surface area contributed by atoms with Gasteiger partial charge in [0.15, 0.2) is 0 Å². The third-order valence-corrected chi connectivity index (χ3v) is 3.35. The zero-order valence-electron chi connectivity index (χ0n) is 12.3. The number of carboxylic acids is 1. The van der Waals surface area contributed by atoms with E-state index in [4.69, 9.17) is 5.11 Å². The van der Waals surface area contributed by atoms with Crippen molar-refractivity contribution in [1.29, 1.82) is 0 Å². The minimum absolute atomic E-state index is 0.0431. The van der Waals surface area contributed by atoms with Gasteiger partial charge in [-0.2, -0.15) is 0 Å². The lowest BCUT2D eigenvalue weighted by atomic mass is 10.2. The molecular formula is C15H19BrN2O3. The summed E-state index contributed by atoms with van der Waals surface area (Å²) in [6, 6.07) is 5.61. The number of nitrogens with one attached hydrogen (secondary N) is 1. The Morgan fingerprint density at radius 2 is 2.10 bits per heavy atom. The van der Waals surface area contributed by atoms with Crippen molar-refractivity contribution in [3.63, 3.8) is 0 Å². The lowest BCUT2D eigenvalue weighted by Gasteiger charge is -2.20. The maximum Gasteiger partial charge on any atom is 0.328 e. The van der Waals surface area contributed by atoms with Gasteiger partial charge in [-0.05, 0) is 37.6 Å². The molecule has 2 N–H and O–H groups in total. The summed E-state index contributed by atoms with van der Waals surface area (Å²) in [6.45, 7) is 4.09. The van der Waals surface area contributed by atoms with Crippen molar-refractivity contribution in [3.8, 4) is 0 Å². The van der Waals surface area contributed by atoms with Gasteiger partial charge in [0, 0.05) is 29.3 Å². The van der Waals surface area contributed by atoms with Crippen molar-refractivity contribution in [3.05, 3.63) is 34.3 Å². The predicted octanol–water partition coefficient (Wildman–Crippen LogP) is 2.51. The standard InChI is InChI=1S/C15H19BrN2O3/c1-10(2)17-14(19)9-18(3)12-6-4-11(13(16)8-12)5-7-15(20)21/h4-8,10H,9H2,1-3H3,(H,17,19)(H,20,21)/b7-5+. The highest BCUT2D eigenvalue weighted by Gasteiger charge is 2.09. The zero-order valence-corrected chi connectivity index (χ0v) is 13.8. The van der Waals surface area contributed by atoms with E-state index in [1.165, 1.54) is 6.08 Å². The summed E-state index contributed by atoms with van der Waals surface area (Å²) in [5.41, 5.74) is 1.63. The van der Waals surface area contributed by atoms with Crippen LogP contribution in [0.4, 0.5) is 5.69 Å². The molecule has 1 aromatic rings. The van der Waals surface area contributed by atoms with Crippen molar-refractivity contribution < 1.29 is 14.7 Å². The average molecular weight is 355 g/mol. The van der Waals surface area contributed by atoms with Crippen LogP contribution in [0.3, 0.4) is 0 Å². The van der Waals surface area contributed by atoms with E-state index >= 15 is 0 Å².